The van der Waals surface area contributed by atoms with Gasteiger partial charge in [0.1, 0.15) is 16.9 Å². The van der Waals surface area contributed by atoms with Gasteiger partial charge in [-0.2, -0.15) is 0 Å². The number of imide groups is 1. The number of nitrogens with zero attached hydrogens (tertiary/aromatic N) is 6. The van der Waals surface area contributed by atoms with E-state index in [4.69, 9.17) is 5.73 Å². The van der Waals surface area contributed by atoms with Crippen molar-refractivity contribution in [1.29, 1.82) is 0 Å². The van der Waals surface area contributed by atoms with Crippen LogP contribution in [0.5, 0.6) is 0 Å². The molecule has 10 rings (SSSR count). The zero-order chi connectivity index (χ0) is 49.2. The molecule has 6 heterocycles. The number of nitrogens with two attached hydrogens (primary N) is 1. The number of hydrogen-bond acceptors (Lipinski definition) is 12. The second kappa shape index (κ2) is 20.5. The highest BCUT2D eigenvalue weighted by Gasteiger charge is 2.39. The Kier molecular flexibility index (Phi) is 13.8. The quantitative estimate of drug-likeness (QED) is 0.0945. The van der Waals surface area contributed by atoms with Crippen LogP contribution in [0.4, 0.5) is 17.2 Å². The Bertz CT molecular complexity index is 2890. The average Bonchev–Trinajstić information content (AvgIpc) is 3.70. The number of amides is 5. The molecule has 1 unspecified atom stereocenters. The monoisotopic (exact) mass is 972 g/mol. The van der Waals surface area contributed by atoms with Crippen molar-refractivity contribution in [2.24, 2.45) is 5.73 Å². The number of anilines is 3. The highest BCUT2D eigenvalue weighted by atomic mass is 32.2. The number of hydrogen-bond donors (Lipinski definition) is 4. The van der Waals surface area contributed by atoms with Crippen LogP contribution in [-0.2, 0) is 22.7 Å². The van der Waals surface area contributed by atoms with E-state index in [0.29, 0.717) is 35.7 Å². The summed E-state index contributed by atoms with van der Waals surface area (Å²) in [5, 5.41) is 9.22. The van der Waals surface area contributed by atoms with Gasteiger partial charge in [-0.25, -0.2) is 9.97 Å². The highest BCUT2D eigenvalue weighted by Crippen LogP contribution is 2.33. The van der Waals surface area contributed by atoms with E-state index in [1.807, 2.05) is 79.0 Å². The van der Waals surface area contributed by atoms with Gasteiger partial charge < -0.3 is 31.1 Å². The molecule has 5 amide bonds. The van der Waals surface area contributed by atoms with E-state index < -0.39 is 11.9 Å². The van der Waals surface area contributed by atoms with Crippen LogP contribution in [0.3, 0.4) is 0 Å². The molecule has 15 nitrogen and oxygen atoms in total. The summed E-state index contributed by atoms with van der Waals surface area (Å²) >= 11 is 1.51. The number of benzene rings is 4. The fourth-order valence-electron chi connectivity index (χ4n) is 10.5. The van der Waals surface area contributed by atoms with Gasteiger partial charge in [-0.3, -0.25) is 34.2 Å². The van der Waals surface area contributed by atoms with Crippen molar-refractivity contribution in [3.8, 4) is 0 Å². The van der Waals surface area contributed by atoms with E-state index in [0.717, 1.165) is 115 Å². The fraction of sp³-hybridized carbons (Fsp3) is 0.364. The van der Waals surface area contributed by atoms with Crippen LogP contribution in [0.15, 0.2) is 113 Å². The Labute approximate surface area is 418 Å². The van der Waals surface area contributed by atoms with Gasteiger partial charge in [0.2, 0.25) is 11.8 Å². The van der Waals surface area contributed by atoms with Crippen LogP contribution < -0.4 is 31.5 Å². The van der Waals surface area contributed by atoms with E-state index in [2.05, 4.69) is 66.6 Å². The van der Waals surface area contributed by atoms with Crippen LogP contribution >= 0.6 is 11.8 Å². The lowest BCUT2D eigenvalue weighted by Gasteiger charge is -2.41. The minimum atomic E-state index is -0.665. The Hall–Kier alpha value is -6.88. The van der Waals surface area contributed by atoms with Crippen molar-refractivity contribution < 1.29 is 24.0 Å². The third-order valence-electron chi connectivity index (χ3n) is 14.7. The van der Waals surface area contributed by atoms with Gasteiger partial charge in [-0.15, -0.1) is 0 Å². The van der Waals surface area contributed by atoms with Crippen LogP contribution in [0.2, 0.25) is 0 Å². The van der Waals surface area contributed by atoms with Crippen LogP contribution in [0, 0.1) is 6.92 Å². The molecule has 5 aliphatic rings. The first-order valence-corrected chi connectivity index (χ1v) is 25.5. The predicted molar refractivity (Wildman–Crippen MR) is 275 cm³/mol. The summed E-state index contributed by atoms with van der Waals surface area (Å²) in [4.78, 5) is 82.9. The van der Waals surface area contributed by atoms with Crippen molar-refractivity contribution in [3.63, 3.8) is 0 Å². The van der Waals surface area contributed by atoms with Gasteiger partial charge in [-0.05, 0) is 135 Å². The lowest BCUT2D eigenvalue weighted by atomic mass is 9.91. The van der Waals surface area contributed by atoms with Gasteiger partial charge in [-0.1, -0.05) is 48.2 Å². The maximum absolute atomic E-state index is 13.5. The molecule has 0 bridgehead atoms. The minimum Gasteiger partial charge on any atom is -0.371 e. The Morgan fingerprint density at radius 1 is 0.831 bits per heavy atom. The first-order valence-electron chi connectivity index (χ1n) is 24.7. The molecule has 3 saturated heterocycles. The largest absolute Gasteiger partial charge is 0.371 e. The molecule has 4 aromatic carbocycles. The molecule has 0 radical (unpaired) electrons. The molecule has 366 valence electrons. The Morgan fingerprint density at radius 2 is 1.62 bits per heavy atom. The van der Waals surface area contributed by atoms with E-state index in [1.54, 1.807) is 12.3 Å². The standard InChI is InChI=1S/C55H60N10O5S/c1-35-28-40(52(68)60-42-4-3-5-44(30-42)71-50-33-57-48(32-58-50)64-26-20-55(2,56)21-27-64)11-13-46(35)63-24-18-43(19-25-63)62-22-16-38(17-23-62)37-7-9-39(10-8-37)51(67)59-31-36-6-12-45-41(29-36)34-65(54(45)70)47-14-15-49(66)61-53(47)69/h3-13,16,28-30,32-33,43,47H,14-15,17-27,31,34,56H2,1-2H3,(H,59,67)(H,60,68)(H,61,66,69). The van der Waals surface area contributed by atoms with Gasteiger partial charge in [0.05, 0.1) is 12.4 Å². The number of nitrogens with one attached hydrogen (secondary N) is 3. The molecule has 0 spiro atoms. The molecule has 5 N–H and O–H groups in total. The maximum Gasteiger partial charge on any atom is 0.255 e. The van der Waals surface area contributed by atoms with E-state index >= 15 is 0 Å². The van der Waals surface area contributed by atoms with Crippen molar-refractivity contribution in [2.75, 3.05) is 54.4 Å². The summed E-state index contributed by atoms with van der Waals surface area (Å²) in [5.41, 5.74) is 15.0. The van der Waals surface area contributed by atoms with Crippen molar-refractivity contribution >= 4 is 64.1 Å². The first kappa shape index (κ1) is 47.8. The molecule has 5 aliphatic heterocycles. The van der Waals surface area contributed by atoms with Crippen molar-refractivity contribution in [1.82, 2.24) is 30.4 Å². The molecule has 0 saturated carbocycles. The van der Waals surface area contributed by atoms with Crippen LogP contribution in [-0.4, -0.2) is 106 Å². The summed E-state index contributed by atoms with van der Waals surface area (Å²) in [5.74, 6) is -0.428. The zero-order valence-electron chi connectivity index (χ0n) is 40.3. The van der Waals surface area contributed by atoms with Crippen molar-refractivity contribution in [3.05, 3.63) is 142 Å². The van der Waals surface area contributed by atoms with E-state index in [1.165, 1.54) is 27.9 Å². The number of fused-ring (bicyclic) bond motifs is 1. The minimum absolute atomic E-state index is 0.120. The second-order valence-electron chi connectivity index (χ2n) is 19.8. The number of carbonyl (C=O) groups excluding carboxylic acids is 5. The summed E-state index contributed by atoms with van der Waals surface area (Å²) < 4.78 is 0. The topological polar surface area (TPSA) is 186 Å². The average molecular weight is 973 g/mol. The van der Waals surface area contributed by atoms with Gasteiger partial charge >= 0.3 is 0 Å². The summed E-state index contributed by atoms with van der Waals surface area (Å²) in [7, 11) is 0. The third kappa shape index (κ3) is 10.9. The third-order valence-corrected chi connectivity index (χ3v) is 15.6. The Balaban J connectivity index is 0.662. The van der Waals surface area contributed by atoms with Crippen molar-refractivity contribution in [2.45, 2.75) is 99.4 Å². The lowest BCUT2D eigenvalue weighted by molar-refractivity contribution is -0.136. The Morgan fingerprint density at radius 3 is 2.34 bits per heavy atom. The van der Waals surface area contributed by atoms with Crippen LogP contribution in [0.25, 0.3) is 5.57 Å². The zero-order valence-corrected chi connectivity index (χ0v) is 41.1. The molecule has 1 atom stereocenters. The number of aromatic nitrogens is 2. The number of rotatable bonds is 12. The van der Waals surface area contributed by atoms with Gasteiger partial charge in [0.25, 0.3) is 17.7 Å². The summed E-state index contributed by atoms with van der Waals surface area (Å²) in [6.45, 7) is 10.3. The van der Waals surface area contributed by atoms with Gasteiger partial charge in [0.15, 0.2) is 0 Å². The number of carbonyl (C=O) groups is 5. The molecular weight excluding hydrogens is 913 g/mol. The second-order valence-corrected chi connectivity index (χ2v) is 20.9. The molecule has 5 aromatic rings. The molecule has 71 heavy (non-hydrogen) atoms. The van der Waals surface area contributed by atoms with E-state index in [-0.39, 0.29) is 42.1 Å². The summed E-state index contributed by atoms with van der Waals surface area (Å²) in [6, 6.07) is 26.9. The highest BCUT2D eigenvalue weighted by molar-refractivity contribution is 7.99. The van der Waals surface area contributed by atoms with Crippen LogP contribution in [0.1, 0.15) is 105 Å². The smallest absolute Gasteiger partial charge is 0.255 e. The first-order chi connectivity index (χ1) is 34.3. The number of piperidine rings is 3. The molecule has 1 aromatic heterocycles. The normalized spacial score (nSPS) is 19.5. The molecule has 3 fully saturated rings. The molecule has 0 aliphatic carbocycles. The number of aryl methyl sites for hydroxylation is 1. The lowest BCUT2D eigenvalue weighted by Crippen LogP contribution is -2.52. The molecular formula is C55H60N10O5S. The maximum atomic E-state index is 13.5. The molecule has 16 heteroatoms. The predicted octanol–water partition coefficient (Wildman–Crippen LogP) is 6.96. The van der Waals surface area contributed by atoms with Gasteiger partial charge in [0, 0.05) is 103 Å². The summed E-state index contributed by atoms with van der Waals surface area (Å²) in [6.07, 6.45) is 11.4. The van der Waals surface area contributed by atoms with E-state index in [9.17, 15) is 24.0 Å². The fourth-order valence-corrected chi connectivity index (χ4v) is 11.3. The SMILES string of the molecule is Cc1cc(C(=O)Nc2cccc(Sc3cnc(N4CCC(C)(N)CC4)cn3)c2)ccc1N1CCC(N2CC=C(c3ccc(C(=O)NCc4ccc5c(c4)CN(C4CCC(=O)NC4=O)C5=O)cc3)CC2)CC1.